The number of hydrogen-bond acceptors (Lipinski definition) is 3. The van der Waals surface area contributed by atoms with E-state index in [0.717, 1.165) is 27.3 Å². The zero-order valence-corrected chi connectivity index (χ0v) is 15.4. The van der Waals surface area contributed by atoms with E-state index in [1.165, 1.54) is 7.11 Å². The summed E-state index contributed by atoms with van der Waals surface area (Å²) < 4.78 is 19.1. The van der Waals surface area contributed by atoms with Gasteiger partial charge in [-0.15, -0.1) is 11.8 Å². The largest absolute Gasteiger partial charge is 0.465 e. The van der Waals surface area contributed by atoms with E-state index in [0.29, 0.717) is 24.0 Å². The Morgan fingerprint density at radius 1 is 1.12 bits per heavy atom. The highest BCUT2D eigenvalue weighted by Crippen LogP contribution is 2.26. The predicted molar refractivity (Wildman–Crippen MR) is 97.5 cm³/mol. The number of methoxy groups -OCH3 is 1. The Morgan fingerprint density at radius 2 is 1.83 bits per heavy atom. The number of halogens is 1. The molecular formula is C20H23FO2S. The van der Waals surface area contributed by atoms with E-state index in [2.05, 4.69) is 6.92 Å². The molecule has 0 aliphatic carbocycles. The van der Waals surface area contributed by atoms with Crippen LogP contribution in [0.4, 0.5) is 4.39 Å². The van der Waals surface area contributed by atoms with E-state index in [9.17, 15) is 9.18 Å². The molecule has 0 aliphatic heterocycles. The third-order valence-corrected chi connectivity index (χ3v) is 5.02. The van der Waals surface area contributed by atoms with E-state index >= 15 is 0 Å². The van der Waals surface area contributed by atoms with Crippen molar-refractivity contribution in [3.05, 3.63) is 64.0 Å². The first-order chi connectivity index (χ1) is 11.5. The Kier molecular flexibility index (Phi) is 6.44. The van der Waals surface area contributed by atoms with Crippen LogP contribution in [0.1, 0.15) is 39.5 Å². The number of thioether (sulfide) groups is 1. The first-order valence-corrected chi connectivity index (χ1v) is 9.04. The molecule has 0 bridgehead atoms. The molecule has 0 saturated heterocycles. The van der Waals surface area contributed by atoms with Crippen LogP contribution in [0.15, 0.2) is 35.2 Å². The van der Waals surface area contributed by atoms with Crippen molar-refractivity contribution in [2.75, 3.05) is 12.9 Å². The fraction of sp³-hybridized carbons (Fsp3) is 0.350. The van der Waals surface area contributed by atoms with Crippen LogP contribution < -0.4 is 0 Å². The summed E-state index contributed by atoms with van der Waals surface area (Å²) in [5, 5.41) is 0. The van der Waals surface area contributed by atoms with Gasteiger partial charge < -0.3 is 4.74 Å². The monoisotopic (exact) mass is 346 g/mol. The molecule has 128 valence electrons. The van der Waals surface area contributed by atoms with Crippen molar-refractivity contribution in [2.45, 2.75) is 38.5 Å². The molecule has 0 aromatic heterocycles. The van der Waals surface area contributed by atoms with Crippen LogP contribution in [0, 0.1) is 19.7 Å². The van der Waals surface area contributed by atoms with E-state index in [4.69, 9.17) is 4.74 Å². The normalized spacial score (nSPS) is 10.7. The topological polar surface area (TPSA) is 26.3 Å². The number of aryl methyl sites for hydroxylation is 4. The van der Waals surface area contributed by atoms with Crippen LogP contribution in [0.25, 0.3) is 0 Å². The molecule has 0 N–H and O–H groups in total. The minimum Gasteiger partial charge on any atom is -0.465 e. The summed E-state index contributed by atoms with van der Waals surface area (Å²) >= 11 is 1.72. The molecule has 0 atom stereocenters. The molecule has 0 saturated carbocycles. The lowest BCUT2D eigenvalue weighted by molar-refractivity contribution is 0.0599. The van der Waals surface area contributed by atoms with E-state index < -0.39 is 0 Å². The number of benzene rings is 2. The fourth-order valence-corrected chi connectivity index (χ4v) is 3.50. The van der Waals surface area contributed by atoms with Gasteiger partial charge in [0.05, 0.1) is 12.7 Å². The summed E-state index contributed by atoms with van der Waals surface area (Å²) in [6.07, 6.45) is 1.15. The highest BCUT2D eigenvalue weighted by molar-refractivity contribution is 7.99. The van der Waals surface area contributed by atoms with Crippen molar-refractivity contribution in [1.82, 2.24) is 0 Å². The van der Waals surface area contributed by atoms with Crippen LogP contribution in [-0.2, 0) is 17.6 Å². The van der Waals surface area contributed by atoms with Crippen molar-refractivity contribution in [3.8, 4) is 0 Å². The van der Waals surface area contributed by atoms with Crippen LogP contribution in [0.2, 0.25) is 0 Å². The molecule has 2 aromatic carbocycles. The molecule has 0 radical (unpaired) electrons. The molecule has 2 rings (SSSR count). The minimum atomic E-state index is -0.347. The van der Waals surface area contributed by atoms with Gasteiger partial charge in [0.25, 0.3) is 0 Å². The minimum absolute atomic E-state index is 0.181. The average Bonchev–Trinajstić information content (AvgIpc) is 2.56. The van der Waals surface area contributed by atoms with Gasteiger partial charge in [0, 0.05) is 4.90 Å². The molecule has 0 fully saturated rings. The van der Waals surface area contributed by atoms with Gasteiger partial charge in [-0.05, 0) is 67.3 Å². The number of esters is 1. The smallest absolute Gasteiger partial charge is 0.338 e. The SMILES string of the molecule is CCSc1cc(CCc2ccc(C)cc2C(=O)OC)c(F)cc1C. The van der Waals surface area contributed by atoms with Gasteiger partial charge in [-0.1, -0.05) is 24.6 Å². The third kappa shape index (κ3) is 4.38. The molecular weight excluding hydrogens is 323 g/mol. The zero-order chi connectivity index (χ0) is 17.7. The number of carbonyl (C=O) groups is 1. The second-order valence-electron chi connectivity index (χ2n) is 5.79. The molecule has 24 heavy (non-hydrogen) atoms. The summed E-state index contributed by atoms with van der Waals surface area (Å²) in [7, 11) is 1.38. The zero-order valence-electron chi connectivity index (χ0n) is 14.6. The lowest BCUT2D eigenvalue weighted by Gasteiger charge is -2.12. The Labute approximate surface area is 147 Å². The average molecular weight is 346 g/mol. The van der Waals surface area contributed by atoms with Crippen molar-refractivity contribution >= 4 is 17.7 Å². The van der Waals surface area contributed by atoms with Crippen molar-refractivity contribution in [1.29, 1.82) is 0 Å². The third-order valence-electron chi connectivity index (χ3n) is 3.98. The van der Waals surface area contributed by atoms with Gasteiger partial charge in [0.1, 0.15) is 5.82 Å². The van der Waals surface area contributed by atoms with E-state index in [1.807, 2.05) is 38.1 Å². The number of carbonyl (C=O) groups excluding carboxylic acids is 1. The van der Waals surface area contributed by atoms with Crippen molar-refractivity contribution in [2.24, 2.45) is 0 Å². The van der Waals surface area contributed by atoms with Crippen molar-refractivity contribution < 1.29 is 13.9 Å². The fourth-order valence-electron chi connectivity index (χ4n) is 2.68. The highest BCUT2D eigenvalue weighted by Gasteiger charge is 2.14. The molecule has 0 aliphatic rings. The number of ether oxygens (including phenoxy) is 1. The molecule has 0 heterocycles. The lowest BCUT2D eigenvalue weighted by Crippen LogP contribution is -2.07. The molecule has 0 spiro atoms. The predicted octanol–water partition coefficient (Wildman–Crippen LogP) is 5.13. The maximum absolute atomic E-state index is 14.3. The van der Waals surface area contributed by atoms with E-state index in [-0.39, 0.29) is 11.8 Å². The summed E-state index contributed by atoms with van der Waals surface area (Å²) in [5.74, 6) is 0.427. The van der Waals surface area contributed by atoms with Crippen LogP contribution in [0.5, 0.6) is 0 Å². The van der Waals surface area contributed by atoms with Gasteiger partial charge >= 0.3 is 5.97 Å². The van der Waals surface area contributed by atoms with Gasteiger partial charge in [0.2, 0.25) is 0 Å². The highest BCUT2D eigenvalue weighted by atomic mass is 32.2. The quantitative estimate of drug-likeness (QED) is 0.536. The second kappa shape index (κ2) is 8.34. The molecule has 0 unspecified atom stereocenters. The second-order valence-corrected chi connectivity index (χ2v) is 7.10. The Bertz CT molecular complexity index is 741. The maximum atomic E-state index is 14.3. The molecule has 4 heteroatoms. The number of rotatable bonds is 6. The summed E-state index contributed by atoms with van der Waals surface area (Å²) in [6, 6.07) is 9.25. The van der Waals surface area contributed by atoms with Gasteiger partial charge in [-0.3, -0.25) is 0 Å². The lowest BCUT2D eigenvalue weighted by atomic mass is 9.97. The van der Waals surface area contributed by atoms with Crippen LogP contribution >= 0.6 is 11.8 Å². The number of hydrogen-bond donors (Lipinski definition) is 0. The molecule has 2 aromatic rings. The van der Waals surface area contributed by atoms with E-state index in [1.54, 1.807) is 17.8 Å². The van der Waals surface area contributed by atoms with Gasteiger partial charge in [0.15, 0.2) is 0 Å². The van der Waals surface area contributed by atoms with Crippen LogP contribution in [-0.4, -0.2) is 18.8 Å². The first-order valence-electron chi connectivity index (χ1n) is 8.06. The summed E-state index contributed by atoms with van der Waals surface area (Å²) in [6.45, 7) is 5.95. The van der Waals surface area contributed by atoms with Gasteiger partial charge in [-0.25, -0.2) is 9.18 Å². The first kappa shape index (κ1) is 18.5. The van der Waals surface area contributed by atoms with Gasteiger partial charge in [-0.2, -0.15) is 0 Å². The maximum Gasteiger partial charge on any atom is 0.338 e. The standard InChI is InChI=1S/C20H23FO2S/c1-5-24-19-12-16(18(21)11-14(19)3)9-8-15-7-6-13(2)10-17(15)20(22)23-4/h6-7,10-12H,5,8-9H2,1-4H3. The Hall–Kier alpha value is -1.81. The summed E-state index contributed by atoms with van der Waals surface area (Å²) in [4.78, 5) is 13.1. The Morgan fingerprint density at radius 3 is 2.50 bits per heavy atom. The molecule has 2 nitrogen and oxygen atoms in total. The van der Waals surface area contributed by atoms with Crippen molar-refractivity contribution in [3.63, 3.8) is 0 Å². The van der Waals surface area contributed by atoms with Crippen LogP contribution in [0.3, 0.4) is 0 Å². The summed E-state index contributed by atoms with van der Waals surface area (Å²) in [5.41, 5.74) is 4.11. The molecule has 0 amide bonds. The Balaban J connectivity index is 2.25.